The van der Waals surface area contributed by atoms with E-state index in [0.29, 0.717) is 5.33 Å². The molecule has 0 heterocycles. The van der Waals surface area contributed by atoms with E-state index in [1.165, 1.54) is 0 Å². The van der Waals surface area contributed by atoms with Gasteiger partial charge in [-0.2, -0.15) is 0 Å². The van der Waals surface area contributed by atoms with Crippen LogP contribution in [0.3, 0.4) is 0 Å². The van der Waals surface area contributed by atoms with Crippen molar-refractivity contribution in [1.82, 2.24) is 0 Å². The van der Waals surface area contributed by atoms with E-state index in [2.05, 4.69) is 37.2 Å². The molecule has 1 N–H and O–H groups in total. The van der Waals surface area contributed by atoms with Crippen LogP contribution in [-0.4, -0.2) is 11.2 Å². The lowest BCUT2D eigenvalue weighted by Gasteiger charge is -2.06. The summed E-state index contributed by atoms with van der Waals surface area (Å²) in [6, 6.07) is 5.82. The molecule has 1 amide bonds. The van der Waals surface area contributed by atoms with E-state index in [-0.39, 0.29) is 5.91 Å². The average Bonchev–Trinajstić information content (AvgIpc) is 2.11. The van der Waals surface area contributed by atoms with Crippen LogP contribution >= 0.6 is 31.9 Å². The maximum absolute atomic E-state index is 11.1. The maximum Gasteiger partial charge on any atom is 0.235 e. The lowest BCUT2D eigenvalue weighted by molar-refractivity contribution is -0.113. The Morgan fingerprint density at radius 3 is 2.85 bits per heavy atom. The first-order valence-corrected chi connectivity index (χ1v) is 5.67. The summed E-state index contributed by atoms with van der Waals surface area (Å²) < 4.78 is 0.896. The fourth-order valence-electron chi connectivity index (χ4n) is 0.919. The van der Waals surface area contributed by atoms with Gasteiger partial charge in [0.1, 0.15) is 0 Å². The van der Waals surface area contributed by atoms with Gasteiger partial charge in [-0.05, 0) is 40.5 Å². The molecule has 1 aromatic rings. The van der Waals surface area contributed by atoms with E-state index in [1.807, 2.05) is 25.1 Å². The summed E-state index contributed by atoms with van der Waals surface area (Å²) in [6.07, 6.45) is 0. The molecule has 4 heteroatoms. The predicted molar refractivity (Wildman–Crippen MR) is 61.3 cm³/mol. The normalized spacial score (nSPS) is 9.77. The minimum absolute atomic E-state index is 0.0497. The summed E-state index contributed by atoms with van der Waals surface area (Å²) in [5, 5.41) is 3.08. The lowest BCUT2D eigenvalue weighted by atomic mass is 10.2. The Balaban J connectivity index is 2.87. The molecule has 0 spiro atoms. The number of nitrogens with one attached hydrogen (secondary N) is 1. The van der Waals surface area contributed by atoms with Crippen molar-refractivity contribution in [1.29, 1.82) is 0 Å². The van der Waals surface area contributed by atoms with Crippen LogP contribution in [0.15, 0.2) is 22.7 Å². The van der Waals surface area contributed by atoms with Crippen LogP contribution in [0.5, 0.6) is 0 Å². The van der Waals surface area contributed by atoms with E-state index in [0.717, 1.165) is 15.7 Å². The van der Waals surface area contributed by atoms with Crippen molar-refractivity contribution in [3.05, 3.63) is 28.2 Å². The van der Waals surface area contributed by atoms with Crippen LogP contribution in [0.4, 0.5) is 5.69 Å². The smallest absolute Gasteiger partial charge is 0.235 e. The number of carbonyl (C=O) groups excluding carboxylic acids is 1. The molecule has 0 saturated carbocycles. The highest BCUT2D eigenvalue weighted by atomic mass is 79.9. The van der Waals surface area contributed by atoms with Crippen molar-refractivity contribution in [2.75, 3.05) is 10.6 Å². The number of rotatable bonds is 2. The Bertz CT molecular complexity index is 325. The zero-order valence-electron chi connectivity index (χ0n) is 7.10. The number of alkyl halides is 1. The van der Waals surface area contributed by atoms with Gasteiger partial charge in [0.25, 0.3) is 0 Å². The largest absolute Gasteiger partial charge is 0.324 e. The maximum atomic E-state index is 11.1. The summed E-state index contributed by atoms with van der Waals surface area (Å²) in [6.45, 7) is 1.98. The third-order valence-electron chi connectivity index (χ3n) is 1.52. The van der Waals surface area contributed by atoms with Gasteiger partial charge < -0.3 is 5.32 Å². The summed E-state index contributed by atoms with van der Waals surface area (Å²) in [7, 11) is 0. The lowest BCUT2D eigenvalue weighted by Crippen LogP contribution is -2.12. The van der Waals surface area contributed by atoms with Gasteiger partial charge in [0.2, 0.25) is 5.91 Å². The molecule has 0 bridgehead atoms. The van der Waals surface area contributed by atoms with Gasteiger partial charge >= 0.3 is 0 Å². The van der Waals surface area contributed by atoms with Crippen LogP contribution in [0.1, 0.15) is 5.56 Å². The zero-order chi connectivity index (χ0) is 9.84. The number of amides is 1. The Morgan fingerprint density at radius 2 is 2.23 bits per heavy atom. The molecule has 0 unspecified atom stereocenters. The summed E-state index contributed by atoms with van der Waals surface area (Å²) in [5.41, 5.74) is 1.93. The quantitative estimate of drug-likeness (QED) is 0.836. The van der Waals surface area contributed by atoms with Crippen LogP contribution in [0, 0.1) is 6.92 Å². The van der Waals surface area contributed by atoms with Crippen molar-refractivity contribution in [3.8, 4) is 0 Å². The van der Waals surface area contributed by atoms with Gasteiger partial charge in [-0.1, -0.05) is 22.0 Å². The first-order valence-electron chi connectivity index (χ1n) is 3.75. The Hall–Kier alpha value is -0.350. The first kappa shape index (κ1) is 10.7. The molecular formula is C9H9Br2NO. The molecule has 2 nitrogen and oxygen atoms in total. The third-order valence-corrected chi connectivity index (χ3v) is 2.72. The molecule has 0 aromatic heterocycles. The molecule has 70 valence electrons. The molecular weight excluding hydrogens is 298 g/mol. The Morgan fingerprint density at radius 1 is 1.54 bits per heavy atom. The number of hydrogen-bond acceptors (Lipinski definition) is 1. The number of halogens is 2. The van der Waals surface area contributed by atoms with Crippen LogP contribution < -0.4 is 5.32 Å². The first-order chi connectivity index (χ1) is 6.13. The number of carbonyl (C=O) groups is 1. The molecule has 1 rings (SSSR count). The van der Waals surface area contributed by atoms with Crippen LogP contribution in [0.2, 0.25) is 0 Å². The van der Waals surface area contributed by atoms with Gasteiger partial charge in [-0.3, -0.25) is 4.79 Å². The Labute approximate surface area is 94.0 Å². The van der Waals surface area contributed by atoms with Crippen molar-refractivity contribution in [3.63, 3.8) is 0 Å². The van der Waals surface area contributed by atoms with Crippen molar-refractivity contribution in [2.45, 2.75) is 6.92 Å². The number of hydrogen-bond donors (Lipinski definition) is 1. The second kappa shape index (κ2) is 4.77. The van der Waals surface area contributed by atoms with E-state index in [9.17, 15) is 4.79 Å². The van der Waals surface area contributed by atoms with Crippen LogP contribution in [0.25, 0.3) is 0 Å². The van der Waals surface area contributed by atoms with Gasteiger partial charge in [-0.25, -0.2) is 0 Å². The minimum Gasteiger partial charge on any atom is -0.324 e. The second-order valence-electron chi connectivity index (χ2n) is 2.67. The van der Waals surface area contributed by atoms with E-state index in [1.54, 1.807) is 0 Å². The van der Waals surface area contributed by atoms with E-state index < -0.39 is 0 Å². The van der Waals surface area contributed by atoms with Crippen LogP contribution in [-0.2, 0) is 4.79 Å². The van der Waals surface area contributed by atoms with Crippen molar-refractivity contribution in [2.24, 2.45) is 0 Å². The highest BCUT2D eigenvalue weighted by Gasteiger charge is 2.03. The molecule has 0 aliphatic heterocycles. The standard InChI is InChI=1S/C9H9Br2NO/c1-6-2-3-7(11)8(4-6)12-9(13)5-10/h2-4H,5H2,1H3,(H,12,13). The SMILES string of the molecule is Cc1ccc(Br)c(NC(=O)CBr)c1. The summed E-state index contributed by atoms with van der Waals surface area (Å²) in [5.74, 6) is -0.0497. The summed E-state index contributed by atoms with van der Waals surface area (Å²) >= 11 is 6.45. The molecule has 0 aliphatic rings. The minimum atomic E-state index is -0.0497. The fourth-order valence-corrected chi connectivity index (χ4v) is 1.40. The zero-order valence-corrected chi connectivity index (χ0v) is 10.3. The monoisotopic (exact) mass is 305 g/mol. The molecule has 13 heavy (non-hydrogen) atoms. The molecule has 1 aromatic carbocycles. The molecule has 0 saturated heterocycles. The second-order valence-corrected chi connectivity index (χ2v) is 4.08. The van der Waals surface area contributed by atoms with Gasteiger partial charge in [0, 0.05) is 4.47 Å². The molecule has 0 radical (unpaired) electrons. The highest BCUT2D eigenvalue weighted by molar-refractivity contribution is 9.10. The summed E-state index contributed by atoms with van der Waals surface area (Å²) in [4.78, 5) is 11.1. The van der Waals surface area contributed by atoms with E-state index in [4.69, 9.17) is 0 Å². The topological polar surface area (TPSA) is 29.1 Å². The average molecular weight is 307 g/mol. The molecule has 0 atom stereocenters. The predicted octanol–water partition coefficient (Wildman–Crippen LogP) is 3.09. The molecule has 0 fully saturated rings. The number of aryl methyl sites for hydroxylation is 1. The molecule has 0 aliphatic carbocycles. The van der Waals surface area contributed by atoms with Crippen molar-refractivity contribution < 1.29 is 4.79 Å². The van der Waals surface area contributed by atoms with E-state index >= 15 is 0 Å². The number of anilines is 1. The third kappa shape index (κ3) is 3.12. The van der Waals surface area contributed by atoms with Gasteiger partial charge in [0.05, 0.1) is 11.0 Å². The van der Waals surface area contributed by atoms with Gasteiger partial charge in [0.15, 0.2) is 0 Å². The number of benzene rings is 1. The fraction of sp³-hybridized carbons (Fsp3) is 0.222. The van der Waals surface area contributed by atoms with Gasteiger partial charge in [-0.15, -0.1) is 0 Å². The Kier molecular flexibility index (Phi) is 3.93. The van der Waals surface area contributed by atoms with Crippen molar-refractivity contribution >= 4 is 43.5 Å². The highest BCUT2D eigenvalue weighted by Crippen LogP contribution is 2.23.